The van der Waals surface area contributed by atoms with E-state index in [1.165, 1.54) is 23.1 Å². The van der Waals surface area contributed by atoms with Gasteiger partial charge in [0.05, 0.1) is 28.2 Å². The second-order valence-corrected chi connectivity index (χ2v) is 6.03. The van der Waals surface area contributed by atoms with Gasteiger partial charge in [-0.2, -0.15) is 5.26 Å². The van der Waals surface area contributed by atoms with E-state index in [1.807, 2.05) is 6.07 Å². The smallest absolute Gasteiger partial charge is 0.270 e. The fraction of sp³-hybridized carbons (Fsp3) is 0.0667. The molecule has 0 atom stereocenters. The van der Waals surface area contributed by atoms with Crippen LogP contribution in [0.4, 0.5) is 11.4 Å². The summed E-state index contributed by atoms with van der Waals surface area (Å²) in [7, 11) is 0. The third kappa shape index (κ3) is 3.88. The molecule has 12 heteroatoms. The molecule has 2 heterocycles. The molecule has 0 aliphatic carbocycles. The number of nitro benzene ring substituents is 1. The molecule has 136 valence electrons. The lowest BCUT2D eigenvalue weighted by Gasteiger charge is -2.06. The van der Waals surface area contributed by atoms with E-state index in [4.69, 9.17) is 15.5 Å². The van der Waals surface area contributed by atoms with Crippen LogP contribution in [-0.4, -0.2) is 31.5 Å². The summed E-state index contributed by atoms with van der Waals surface area (Å²) >= 11 is 1.03. The average molecular weight is 385 g/mol. The summed E-state index contributed by atoms with van der Waals surface area (Å²) in [6, 6.07) is 8.77. The number of furan rings is 1. The number of non-ortho nitro benzene ring substituents is 1. The molecule has 0 saturated heterocycles. The number of anilines is 1. The molecular formula is C15H11N7O4S. The minimum absolute atomic E-state index is 0.00959. The highest BCUT2D eigenvalue weighted by Crippen LogP contribution is 2.24. The van der Waals surface area contributed by atoms with Gasteiger partial charge in [-0.25, -0.2) is 4.68 Å². The van der Waals surface area contributed by atoms with Gasteiger partial charge in [0.2, 0.25) is 16.9 Å². The molecule has 0 radical (unpaired) electrons. The highest BCUT2D eigenvalue weighted by molar-refractivity contribution is 7.99. The molecule has 2 aromatic heterocycles. The predicted molar refractivity (Wildman–Crippen MR) is 95.0 cm³/mol. The van der Waals surface area contributed by atoms with Crippen LogP contribution in [0.3, 0.4) is 0 Å². The summed E-state index contributed by atoms with van der Waals surface area (Å²) in [6.45, 7) is 0. The Labute approximate surface area is 155 Å². The number of nitrogens with two attached hydrogens (primary N) is 1. The molecule has 0 saturated carbocycles. The van der Waals surface area contributed by atoms with Crippen molar-refractivity contribution >= 4 is 29.0 Å². The van der Waals surface area contributed by atoms with Crippen LogP contribution in [0, 0.1) is 21.4 Å². The maximum atomic E-state index is 12.1. The van der Waals surface area contributed by atoms with Gasteiger partial charge in [-0.1, -0.05) is 11.8 Å². The fourth-order valence-corrected chi connectivity index (χ4v) is 2.77. The van der Waals surface area contributed by atoms with E-state index in [2.05, 4.69) is 15.5 Å². The van der Waals surface area contributed by atoms with Crippen molar-refractivity contribution in [2.45, 2.75) is 5.16 Å². The monoisotopic (exact) mass is 385 g/mol. The molecule has 0 unspecified atom stereocenters. The van der Waals surface area contributed by atoms with Crippen LogP contribution in [-0.2, 0) is 4.79 Å². The van der Waals surface area contributed by atoms with Crippen LogP contribution < -0.4 is 11.2 Å². The van der Waals surface area contributed by atoms with Gasteiger partial charge < -0.3 is 15.6 Å². The molecule has 3 N–H and O–H groups in total. The first-order valence-electron chi connectivity index (χ1n) is 7.35. The number of amides is 1. The number of nitro groups is 1. The van der Waals surface area contributed by atoms with Crippen molar-refractivity contribution < 1.29 is 14.1 Å². The zero-order valence-corrected chi connectivity index (χ0v) is 14.3. The number of hydrogen-bond donors (Lipinski definition) is 2. The van der Waals surface area contributed by atoms with E-state index < -0.39 is 10.8 Å². The molecule has 3 rings (SSSR count). The van der Waals surface area contributed by atoms with Gasteiger partial charge >= 0.3 is 0 Å². The molecule has 0 spiro atoms. The lowest BCUT2D eigenvalue weighted by atomic mass is 10.1. The first-order chi connectivity index (χ1) is 13.0. The first-order valence-corrected chi connectivity index (χ1v) is 8.33. The summed E-state index contributed by atoms with van der Waals surface area (Å²) in [5.41, 5.74) is -0.0653. The topological polar surface area (TPSA) is 166 Å². The average Bonchev–Trinajstić information content (AvgIpc) is 3.29. The number of carbonyl (C=O) groups is 1. The molecule has 11 nitrogen and oxygen atoms in total. The molecule has 3 aromatic rings. The van der Waals surface area contributed by atoms with Gasteiger partial charge in [0.1, 0.15) is 6.07 Å². The second kappa shape index (κ2) is 7.58. The molecule has 0 aliphatic heterocycles. The molecule has 0 bridgehead atoms. The summed E-state index contributed by atoms with van der Waals surface area (Å²) in [4.78, 5) is 22.3. The quantitative estimate of drug-likeness (QED) is 0.278. The van der Waals surface area contributed by atoms with Crippen LogP contribution in [0.2, 0.25) is 0 Å². The number of benzene rings is 1. The maximum absolute atomic E-state index is 12.1. The van der Waals surface area contributed by atoms with Crippen molar-refractivity contribution in [2.24, 2.45) is 0 Å². The highest BCUT2D eigenvalue weighted by Gasteiger charge is 2.17. The van der Waals surface area contributed by atoms with Gasteiger partial charge in [0, 0.05) is 12.1 Å². The van der Waals surface area contributed by atoms with Gasteiger partial charge in [0.25, 0.3) is 5.69 Å². The Morgan fingerprint density at radius 3 is 2.93 bits per heavy atom. The molecule has 0 aliphatic rings. The third-order valence-corrected chi connectivity index (χ3v) is 4.29. The van der Waals surface area contributed by atoms with Crippen molar-refractivity contribution in [3.05, 3.63) is 52.3 Å². The van der Waals surface area contributed by atoms with Crippen LogP contribution in [0.1, 0.15) is 5.56 Å². The Morgan fingerprint density at radius 2 is 2.26 bits per heavy atom. The second-order valence-electron chi connectivity index (χ2n) is 5.09. The third-order valence-electron chi connectivity index (χ3n) is 3.35. The van der Waals surface area contributed by atoms with Crippen LogP contribution in [0.5, 0.6) is 0 Å². The van der Waals surface area contributed by atoms with Crippen LogP contribution in [0.25, 0.3) is 11.6 Å². The van der Waals surface area contributed by atoms with Crippen molar-refractivity contribution in [3.8, 4) is 17.7 Å². The number of rotatable bonds is 6. The Hall–Kier alpha value is -3.85. The number of nitriles is 1. The number of hydrogen-bond acceptors (Lipinski definition) is 9. The van der Waals surface area contributed by atoms with Crippen molar-refractivity contribution in [2.75, 3.05) is 16.9 Å². The Balaban J connectivity index is 1.66. The lowest BCUT2D eigenvalue weighted by Crippen LogP contribution is -2.17. The zero-order chi connectivity index (χ0) is 19.4. The number of nitrogens with one attached hydrogen (secondary N) is 1. The highest BCUT2D eigenvalue weighted by atomic mass is 32.2. The minimum atomic E-state index is -0.618. The van der Waals surface area contributed by atoms with Gasteiger partial charge in [-0.15, -0.1) is 10.2 Å². The molecule has 27 heavy (non-hydrogen) atoms. The number of nitrogens with zero attached hydrogens (tertiary/aromatic N) is 5. The first kappa shape index (κ1) is 18.0. The lowest BCUT2D eigenvalue weighted by molar-refractivity contribution is -0.384. The fourth-order valence-electron chi connectivity index (χ4n) is 2.11. The SMILES string of the molecule is N#Cc1cc([N+](=O)[O-])ccc1NC(=O)CSc1nnc(-c2ccco2)n1N. The standard InChI is InChI=1S/C15H11N7O4S/c16-7-9-6-10(22(24)25)3-4-11(9)18-13(23)8-27-15-20-19-14(21(15)17)12-2-1-5-26-12/h1-6H,8,17H2,(H,18,23). The number of thioether (sulfide) groups is 1. The molecule has 1 amide bonds. The van der Waals surface area contributed by atoms with E-state index in [0.717, 1.165) is 17.8 Å². The van der Waals surface area contributed by atoms with E-state index in [9.17, 15) is 14.9 Å². The summed E-state index contributed by atoms with van der Waals surface area (Å²) < 4.78 is 6.40. The Kier molecular flexibility index (Phi) is 5.04. The van der Waals surface area contributed by atoms with Gasteiger partial charge in [-0.3, -0.25) is 14.9 Å². The van der Waals surface area contributed by atoms with Gasteiger partial charge in [0.15, 0.2) is 5.76 Å². The van der Waals surface area contributed by atoms with Gasteiger partial charge in [-0.05, 0) is 18.2 Å². The number of carbonyl (C=O) groups excluding carboxylic acids is 1. The molecular weight excluding hydrogens is 374 g/mol. The van der Waals surface area contributed by atoms with Crippen molar-refractivity contribution in [1.82, 2.24) is 14.9 Å². The summed E-state index contributed by atoms with van der Waals surface area (Å²) in [5.74, 6) is 6.15. The minimum Gasteiger partial charge on any atom is -0.461 e. The van der Waals surface area contributed by atoms with Crippen LogP contribution in [0.15, 0.2) is 46.2 Å². The normalized spacial score (nSPS) is 10.3. The van der Waals surface area contributed by atoms with Crippen molar-refractivity contribution in [3.63, 3.8) is 0 Å². The largest absolute Gasteiger partial charge is 0.461 e. The number of aromatic nitrogens is 3. The van der Waals surface area contributed by atoms with Crippen molar-refractivity contribution in [1.29, 1.82) is 5.26 Å². The predicted octanol–water partition coefficient (Wildman–Crippen LogP) is 1.76. The zero-order valence-electron chi connectivity index (χ0n) is 13.5. The van der Waals surface area contributed by atoms with E-state index in [1.54, 1.807) is 12.1 Å². The van der Waals surface area contributed by atoms with E-state index >= 15 is 0 Å². The van der Waals surface area contributed by atoms with Crippen LogP contribution >= 0.6 is 11.8 Å². The van der Waals surface area contributed by atoms with E-state index in [0.29, 0.717) is 16.7 Å². The Bertz CT molecular complexity index is 1040. The molecule has 0 fully saturated rings. The van der Waals surface area contributed by atoms with E-state index in [-0.39, 0.29) is 22.7 Å². The summed E-state index contributed by atoms with van der Waals surface area (Å²) in [6.07, 6.45) is 1.47. The maximum Gasteiger partial charge on any atom is 0.270 e. The summed E-state index contributed by atoms with van der Waals surface area (Å²) in [5, 5.41) is 30.5. The number of nitrogen functional groups attached to an aromatic ring is 1. The Morgan fingerprint density at radius 1 is 1.44 bits per heavy atom. The molecule has 1 aromatic carbocycles.